The molecular formula is C29H36FN5O7S. The molecule has 12 nitrogen and oxygen atoms in total. The molecule has 0 aliphatic heterocycles. The third-order valence-electron chi connectivity index (χ3n) is 7.49. The van der Waals surface area contributed by atoms with Gasteiger partial charge in [0.05, 0.1) is 44.1 Å². The van der Waals surface area contributed by atoms with Crippen molar-refractivity contribution < 1.29 is 29.2 Å². The fourth-order valence-electron chi connectivity index (χ4n) is 5.24. The molecule has 3 heterocycles. The minimum Gasteiger partial charge on any atom is -0.496 e. The summed E-state index contributed by atoms with van der Waals surface area (Å²) in [6, 6.07) is 3.45. The molecule has 3 aromatic heterocycles. The van der Waals surface area contributed by atoms with E-state index in [9.17, 15) is 34.1 Å². The Morgan fingerprint density at radius 2 is 1.84 bits per heavy atom. The van der Waals surface area contributed by atoms with Crippen LogP contribution in [0.2, 0.25) is 0 Å². The number of Topliss-reactive ketones (excluding diaryl/α,β-unsaturated/α-hetero) is 1. The quantitative estimate of drug-likeness (QED) is 0.217. The van der Waals surface area contributed by atoms with Crippen LogP contribution in [0.1, 0.15) is 51.7 Å². The standard InChI is InChI=1S/C29H36FN5O7S/c1-16(2)11-22(38)28(4,5)34-24(39)23-17(3)25(35-31-9-10-32-35)43-26(23)33(27(34)40)15-29(41,13-19(37)14-36)20-12-18(30)7-8-21(20)42-6/h7-10,12,16,19,36-37,41H,11,13-15H2,1-6H3. The lowest BCUT2D eigenvalue weighted by atomic mass is 9.87. The molecule has 2 unspecified atom stereocenters. The maximum Gasteiger partial charge on any atom is 0.333 e. The molecule has 3 N–H and O–H groups in total. The van der Waals surface area contributed by atoms with Crippen LogP contribution in [-0.4, -0.2) is 65.1 Å². The monoisotopic (exact) mass is 617 g/mol. The minimum atomic E-state index is -2.19. The SMILES string of the molecule is COc1ccc(F)cc1C(O)(CC(O)CO)Cn1c(=O)n(C(C)(C)C(=O)CC(C)C)c(=O)c2c(C)c(-n3nccn3)sc21. The van der Waals surface area contributed by atoms with Gasteiger partial charge in [-0.3, -0.25) is 14.2 Å². The molecule has 0 bridgehead atoms. The Bertz CT molecular complexity index is 1760. The lowest BCUT2D eigenvalue weighted by molar-refractivity contribution is -0.127. The summed E-state index contributed by atoms with van der Waals surface area (Å²) in [6.07, 6.45) is 1.02. The molecule has 0 aliphatic carbocycles. The van der Waals surface area contributed by atoms with Gasteiger partial charge in [0.15, 0.2) is 5.78 Å². The summed E-state index contributed by atoms with van der Waals surface area (Å²) in [5.74, 6) is -1.02. The van der Waals surface area contributed by atoms with E-state index < -0.39 is 53.9 Å². The van der Waals surface area contributed by atoms with Crippen molar-refractivity contribution in [2.24, 2.45) is 5.92 Å². The highest BCUT2D eigenvalue weighted by Crippen LogP contribution is 2.38. The number of carbonyl (C=O) groups excluding carboxylic acids is 1. The van der Waals surface area contributed by atoms with Crippen molar-refractivity contribution in [3.8, 4) is 10.8 Å². The number of ether oxygens (including phenoxy) is 1. The van der Waals surface area contributed by atoms with Gasteiger partial charge in [0, 0.05) is 24.0 Å². The number of rotatable bonds is 12. The lowest BCUT2D eigenvalue weighted by Gasteiger charge is -2.33. The van der Waals surface area contributed by atoms with E-state index in [0.717, 1.165) is 32.6 Å². The molecule has 0 saturated heterocycles. The van der Waals surface area contributed by atoms with Gasteiger partial charge in [-0.25, -0.2) is 13.8 Å². The van der Waals surface area contributed by atoms with Crippen LogP contribution < -0.4 is 16.0 Å². The predicted octanol–water partition coefficient (Wildman–Crippen LogP) is 2.24. The largest absolute Gasteiger partial charge is 0.496 e. The van der Waals surface area contributed by atoms with Gasteiger partial charge < -0.3 is 20.1 Å². The zero-order chi connectivity index (χ0) is 31.9. The normalized spacial score (nSPS) is 14.3. The number of aromatic nitrogens is 5. The van der Waals surface area contributed by atoms with E-state index in [0.29, 0.717) is 10.6 Å². The molecule has 4 rings (SSSR count). The van der Waals surface area contributed by atoms with Crippen molar-refractivity contribution in [3.05, 3.63) is 68.4 Å². The molecule has 0 radical (unpaired) electrons. The van der Waals surface area contributed by atoms with Crippen LogP contribution in [0.5, 0.6) is 5.75 Å². The summed E-state index contributed by atoms with van der Waals surface area (Å²) in [7, 11) is 1.32. The van der Waals surface area contributed by atoms with Crippen molar-refractivity contribution >= 4 is 27.3 Å². The van der Waals surface area contributed by atoms with Crippen LogP contribution in [0.3, 0.4) is 0 Å². The summed E-state index contributed by atoms with van der Waals surface area (Å²) in [5, 5.41) is 41.1. The van der Waals surface area contributed by atoms with Crippen LogP contribution in [-0.2, 0) is 22.5 Å². The van der Waals surface area contributed by atoms with Crippen molar-refractivity contribution in [1.82, 2.24) is 24.1 Å². The van der Waals surface area contributed by atoms with Crippen LogP contribution in [0.15, 0.2) is 40.2 Å². The van der Waals surface area contributed by atoms with Crippen molar-refractivity contribution in [2.45, 2.75) is 71.2 Å². The van der Waals surface area contributed by atoms with Gasteiger partial charge in [-0.2, -0.15) is 10.2 Å². The Morgan fingerprint density at radius 1 is 1.19 bits per heavy atom. The van der Waals surface area contributed by atoms with E-state index in [1.165, 1.54) is 44.2 Å². The number of benzene rings is 1. The second kappa shape index (κ2) is 12.1. The van der Waals surface area contributed by atoms with Gasteiger partial charge in [0.2, 0.25) is 0 Å². The number of hydrogen-bond donors (Lipinski definition) is 3. The Balaban J connectivity index is 2.10. The Morgan fingerprint density at radius 3 is 2.42 bits per heavy atom. The second-order valence-electron chi connectivity index (χ2n) is 11.5. The van der Waals surface area contributed by atoms with E-state index in [-0.39, 0.29) is 39.7 Å². The average molecular weight is 618 g/mol. The molecule has 0 aliphatic rings. The first-order chi connectivity index (χ1) is 20.2. The average Bonchev–Trinajstić information content (AvgIpc) is 3.58. The van der Waals surface area contributed by atoms with Gasteiger partial charge in [0.25, 0.3) is 5.56 Å². The fourth-order valence-corrected chi connectivity index (χ4v) is 6.45. The van der Waals surface area contributed by atoms with Crippen molar-refractivity contribution in [1.29, 1.82) is 0 Å². The summed E-state index contributed by atoms with van der Waals surface area (Å²) in [4.78, 5) is 43.3. The van der Waals surface area contributed by atoms with Crippen LogP contribution in [0.4, 0.5) is 4.39 Å². The number of ketones is 1. The first-order valence-electron chi connectivity index (χ1n) is 13.7. The fraction of sp³-hybridized carbons (Fsp3) is 0.483. The number of methoxy groups -OCH3 is 1. The highest BCUT2D eigenvalue weighted by molar-refractivity contribution is 7.21. The summed E-state index contributed by atoms with van der Waals surface area (Å²) < 4.78 is 21.9. The molecule has 0 amide bonds. The van der Waals surface area contributed by atoms with Gasteiger partial charge in [-0.05, 0) is 44.9 Å². The lowest BCUT2D eigenvalue weighted by Crippen LogP contribution is -2.54. The molecule has 43 heavy (non-hydrogen) atoms. The summed E-state index contributed by atoms with van der Waals surface area (Å²) in [5.41, 5.74) is -5.01. The van der Waals surface area contributed by atoms with Gasteiger partial charge >= 0.3 is 5.69 Å². The Kier molecular flexibility index (Phi) is 9.07. The topological polar surface area (TPSA) is 162 Å². The molecule has 0 spiro atoms. The van der Waals surface area contributed by atoms with Gasteiger partial charge in [0.1, 0.15) is 32.5 Å². The van der Waals surface area contributed by atoms with Gasteiger partial charge in [-0.1, -0.05) is 25.2 Å². The highest BCUT2D eigenvalue weighted by atomic mass is 32.1. The van der Waals surface area contributed by atoms with E-state index in [1.807, 2.05) is 13.8 Å². The zero-order valence-electron chi connectivity index (χ0n) is 24.9. The van der Waals surface area contributed by atoms with Crippen LogP contribution in [0.25, 0.3) is 15.2 Å². The number of halogens is 1. The first-order valence-corrected chi connectivity index (χ1v) is 14.5. The molecule has 14 heteroatoms. The number of carbonyl (C=O) groups is 1. The maximum absolute atomic E-state index is 14.5. The van der Waals surface area contributed by atoms with E-state index in [4.69, 9.17) is 4.74 Å². The number of thiophene rings is 1. The molecule has 1 aromatic carbocycles. The predicted molar refractivity (Wildman–Crippen MR) is 158 cm³/mol. The number of fused-ring (bicyclic) bond motifs is 1. The van der Waals surface area contributed by atoms with E-state index >= 15 is 0 Å². The first kappa shape index (κ1) is 32.2. The molecule has 0 saturated carbocycles. The molecule has 232 valence electrons. The second-order valence-corrected chi connectivity index (χ2v) is 12.5. The smallest absolute Gasteiger partial charge is 0.333 e. The van der Waals surface area contributed by atoms with Crippen molar-refractivity contribution in [2.75, 3.05) is 13.7 Å². The van der Waals surface area contributed by atoms with Crippen LogP contribution in [0, 0.1) is 18.7 Å². The zero-order valence-corrected chi connectivity index (χ0v) is 25.7. The highest BCUT2D eigenvalue weighted by Gasteiger charge is 2.40. The third-order valence-corrected chi connectivity index (χ3v) is 8.77. The van der Waals surface area contributed by atoms with Gasteiger partial charge in [-0.15, -0.1) is 4.80 Å². The maximum atomic E-state index is 14.5. The number of aliphatic hydroxyl groups excluding tert-OH is 2. The van der Waals surface area contributed by atoms with Crippen molar-refractivity contribution in [3.63, 3.8) is 0 Å². The molecule has 4 aromatic rings. The van der Waals surface area contributed by atoms with E-state index in [1.54, 1.807) is 6.92 Å². The third kappa shape index (κ3) is 5.92. The number of aliphatic hydroxyl groups is 3. The molecule has 0 fully saturated rings. The van der Waals surface area contributed by atoms with E-state index in [2.05, 4.69) is 10.2 Å². The summed E-state index contributed by atoms with van der Waals surface area (Å²) in [6.45, 7) is 7.02. The Hall–Kier alpha value is -3.72. The number of hydrogen-bond acceptors (Lipinski definition) is 10. The number of aryl methyl sites for hydroxylation is 1. The van der Waals surface area contributed by atoms with Crippen LogP contribution >= 0.6 is 11.3 Å². The Labute approximate surface area is 250 Å². The summed E-state index contributed by atoms with van der Waals surface area (Å²) >= 11 is 1.02. The number of nitrogens with zero attached hydrogens (tertiary/aromatic N) is 5. The molecule has 2 atom stereocenters. The molecular weight excluding hydrogens is 581 g/mol. The minimum absolute atomic E-state index is 0.0423.